The van der Waals surface area contributed by atoms with Gasteiger partial charge in [0.15, 0.2) is 5.17 Å². The van der Waals surface area contributed by atoms with Gasteiger partial charge >= 0.3 is 0 Å². The van der Waals surface area contributed by atoms with E-state index in [4.69, 9.17) is 4.99 Å². The van der Waals surface area contributed by atoms with E-state index in [1.54, 1.807) is 16.7 Å². The number of carbonyl (C=O) groups is 1. The fourth-order valence-electron chi connectivity index (χ4n) is 3.51. The van der Waals surface area contributed by atoms with Gasteiger partial charge in [0.1, 0.15) is 0 Å². The molecule has 2 saturated heterocycles. The number of benzene rings is 1. The van der Waals surface area contributed by atoms with E-state index in [0.717, 1.165) is 16.5 Å². The Morgan fingerprint density at radius 3 is 2.67 bits per heavy atom. The molecule has 148 valence electrons. The zero-order valence-electron chi connectivity index (χ0n) is 16.1. The molecule has 0 aliphatic carbocycles. The van der Waals surface area contributed by atoms with E-state index >= 15 is 0 Å². The Balaban J connectivity index is 1.79. The third-order valence-electron chi connectivity index (χ3n) is 5.01. The van der Waals surface area contributed by atoms with E-state index in [9.17, 15) is 13.2 Å². The molecule has 0 aromatic heterocycles. The van der Waals surface area contributed by atoms with Crippen molar-refractivity contribution in [2.24, 2.45) is 10.9 Å². The number of aliphatic imine (C=N–C) groups is 1. The first-order valence-corrected chi connectivity index (χ1v) is 12.0. The van der Waals surface area contributed by atoms with Crippen molar-refractivity contribution in [3.63, 3.8) is 0 Å². The molecule has 2 aliphatic heterocycles. The fraction of sp³-hybridized carbons (Fsp3) is 0.579. The molecule has 1 aromatic carbocycles. The van der Waals surface area contributed by atoms with Gasteiger partial charge in [-0.3, -0.25) is 14.7 Å². The summed E-state index contributed by atoms with van der Waals surface area (Å²) in [6, 6.07) is 9.96. The van der Waals surface area contributed by atoms with Crippen LogP contribution >= 0.6 is 11.8 Å². The fourth-order valence-corrected chi connectivity index (χ4v) is 5.65. The van der Waals surface area contributed by atoms with Crippen LogP contribution in [0, 0.1) is 5.92 Å². The van der Waals surface area contributed by atoms with Gasteiger partial charge in [-0.2, -0.15) is 0 Å². The van der Waals surface area contributed by atoms with E-state index in [2.05, 4.69) is 0 Å². The summed E-state index contributed by atoms with van der Waals surface area (Å²) in [5, 5.41) is 0.741. The molecule has 2 fully saturated rings. The quantitative estimate of drug-likeness (QED) is 0.766. The zero-order valence-corrected chi connectivity index (χ0v) is 17.7. The summed E-state index contributed by atoms with van der Waals surface area (Å²) in [5.41, 5.74) is 0.772. The van der Waals surface area contributed by atoms with E-state index in [-0.39, 0.29) is 23.9 Å². The lowest BCUT2D eigenvalue weighted by Gasteiger charge is -2.37. The van der Waals surface area contributed by atoms with Gasteiger partial charge in [0.25, 0.3) is 0 Å². The Morgan fingerprint density at radius 2 is 2.00 bits per heavy atom. The monoisotopic (exact) mass is 409 g/mol. The summed E-state index contributed by atoms with van der Waals surface area (Å²) in [7, 11) is -3.28. The maximum atomic E-state index is 13.3. The molecule has 1 amide bonds. The predicted octanol–water partition coefficient (Wildman–Crippen LogP) is 2.57. The summed E-state index contributed by atoms with van der Waals surface area (Å²) < 4.78 is 25.2. The second-order valence-corrected chi connectivity index (χ2v) is 10.7. The number of carbonyl (C=O) groups excluding carboxylic acids is 1. The molecular formula is C19H27N3O3S2. The third kappa shape index (κ3) is 4.73. The molecule has 0 radical (unpaired) electrons. The van der Waals surface area contributed by atoms with Crippen LogP contribution in [0.15, 0.2) is 35.3 Å². The molecule has 6 nitrogen and oxygen atoms in total. The second kappa shape index (κ2) is 7.93. The highest BCUT2D eigenvalue weighted by Crippen LogP contribution is 2.35. The highest BCUT2D eigenvalue weighted by atomic mass is 32.2. The average molecular weight is 410 g/mol. The Bertz CT molecular complexity index is 822. The molecule has 2 aliphatic rings. The van der Waals surface area contributed by atoms with Crippen LogP contribution in [0.1, 0.15) is 32.3 Å². The number of nitrogens with zero attached hydrogens (tertiary/aromatic N) is 3. The summed E-state index contributed by atoms with van der Waals surface area (Å²) in [5.74, 6) is 0.466. The predicted molar refractivity (Wildman–Crippen MR) is 110 cm³/mol. The third-order valence-corrected chi connectivity index (χ3v) is 7.70. The number of piperidine rings is 1. The van der Waals surface area contributed by atoms with Gasteiger partial charge in [0.05, 0.1) is 24.3 Å². The van der Waals surface area contributed by atoms with Crippen LogP contribution in [0.25, 0.3) is 0 Å². The molecule has 0 spiro atoms. The molecule has 0 bridgehead atoms. The standard InChI is InChI=1S/C19H27N3O3S2/c1-19(2)14-26-18(20-12-15-8-5-4-6-9-15)22(19)17(23)16-10-7-11-21(13-16)27(3,24)25/h4-6,8-9,16H,7,10-14H2,1-3H3. The minimum absolute atomic E-state index is 0.00911. The first-order valence-electron chi connectivity index (χ1n) is 9.19. The topological polar surface area (TPSA) is 70.1 Å². The molecule has 27 heavy (non-hydrogen) atoms. The number of thioether (sulfide) groups is 1. The van der Waals surface area contributed by atoms with Crippen LogP contribution in [0.3, 0.4) is 0 Å². The maximum absolute atomic E-state index is 13.3. The first kappa shape index (κ1) is 20.4. The van der Waals surface area contributed by atoms with Crippen molar-refractivity contribution in [1.82, 2.24) is 9.21 Å². The van der Waals surface area contributed by atoms with Crippen LogP contribution < -0.4 is 0 Å². The molecule has 2 heterocycles. The largest absolute Gasteiger partial charge is 0.285 e. The summed E-state index contributed by atoms with van der Waals surface area (Å²) in [6.45, 7) is 5.37. The molecule has 1 unspecified atom stereocenters. The van der Waals surface area contributed by atoms with Crippen molar-refractivity contribution in [2.45, 2.75) is 38.8 Å². The highest BCUT2D eigenvalue weighted by Gasteiger charge is 2.44. The number of rotatable bonds is 4. The Kier molecular flexibility index (Phi) is 5.98. The molecule has 1 aromatic rings. The van der Waals surface area contributed by atoms with Crippen LogP contribution in [-0.2, 0) is 21.4 Å². The number of amidine groups is 1. The van der Waals surface area contributed by atoms with Crippen molar-refractivity contribution < 1.29 is 13.2 Å². The number of sulfonamides is 1. The smallest absolute Gasteiger partial charge is 0.233 e. The minimum atomic E-state index is -3.28. The van der Waals surface area contributed by atoms with E-state index in [1.165, 1.54) is 10.6 Å². The molecule has 0 N–H and O–H groups in total. The molecular weight excluding hydrogens is 382 g/mol. The lowest BCUT2D eigenvalue weighted by Crippen LogP contribution is -2.52. The van der Waals surface area contributed by atoms with E-state index in [1.807, 2.05) is 44.2 Å². The molecule has 3 rings (SSSR count). The van der Waals surface area contributed by atoms with Crippen LogP contribution in [0.5, 0.6) is 0 Å². The second-order valence-electron chi connectivity index (χ2n) is 7.82. The Labute approximate surface area is 166 Å². The normalized spacial score (nSPS) is 25.1. The lowest BCUT2D eigenvalue weighted by atomic mass is 9.95. The number of hydrogen-bond donors (Lipinski definition) is 0. The van der Waals surface area contributed by atoms with Gasteiger partial charge in [-0.15, -0.1) is 0 Å². The Morgan fingerprint density at radius 1 is 1.30 bits per heavy atom. The van der Waals surface area contributed by atoms with Crippen molar-refractivity contribution in [1.29, 1.82) is 0 Å². The SMILES string of the molecule is CC1(C)CSC(=NCc2ccccc2)N1C(=O)C1CCCN(S(C)(=O)=O)C1. The van der Waals surface area contributed by atoms with E-state index < -0.39 is 10.0 Å². The van der Waals surface area contributed by atoms with Crippen molar-refractivity contribution >= 4 is 32.9 Å². The summed E-state index contributed by atoms with van der Waals surface area (Å²) in [4.78, 5) is 19.8. The average Bonchev–Trinajstić information content (AvgIpc) is 2.94. The summed E-state index contributed by atoms with van der Waals surface area (Å²) >= 11 is 1.60. The number of hydrogen-bond acceptors (Lipinski definition) is 5. The minimum Gasteiger partial charge on any atom is -0.285 e. The van der Waals surface area contributed by atoms with E-state index in [0.29, 0.717) is 25.9 Å². The number of amides is 1. The van der Waals surface area contributed by atoms with Gasteiger partial charge in [0.2, 0.25) is 15.9 Å². The molecule has 0 saturated carbocycles. The zero-order chi connectivity index (χ0) is 19.7. The van der Waals surface area contributed by atoms with Gasteiger partial charge in [-0.1, -0.05) is 42.1 Å². The first-order chi connectivity index (χ1) is 12.7. The summed E-state index contributed by atoms with van der Waals surface area (Å²) in [6.07, 6.45) is 2.64. The van der Waals surface area contributed by atoms with Crippen molar-refractivity contribution in [3.05, 3.63) is 35.9 Å². The van der Waals surface area contributed by atoms with Crippen LogP contribution in [0.4, 0.5) is 0 Å². The maximum Gasteiger partial charge on any atom is 0.233 e. The van der Waals surface area contributed by atoms with Gasteiger partial charge in [-0.05, 0) is 32.3 Å². The highest BCUT2D eigenvalue weighted by molar-refractivity contribution is 8.14. The molecule has 8 heteroatoms. The van der Waals surface area contributed by atoms with Gasteiger partial charge in [0, 0.05) is 18.8 Å². The lowest BCUT2D eigenvalue weighted by molar-refractivity contribution is -0.135. The van der Waals surface area contributed by atoms with Crippen molar-refractivity contribution in [3.8, 4) is 0 Å². The van der Waals surface area contributed by atoms with Gasteiger partial charge in [-0.25, -0.2) is 12.7 Å². The van der Waals surface area contributed by atoms with Crippen LogP contribution in [-0.4, -0.2) is 59.3 Å². The van der Waals surface area contributed by atoms with Gasteiger partial charge < -0.3 is 0 Å². The Hall–Kier alpha value is -1.38. The van der Waals surface area contributed by atoms with Crippen LogP contribution in [0.2, 0.25) is 0 Å². The molecule has 1 atom stereocenters. The van der Waals surface area contributed by atoms with Crippen molar-refractivity contribution in [2.75, 3.05) is 25.1 Å².